The highest BCUT2D eigenvalue weighted by molar-refractivity contribution is 5.93. The predicted octanol–water partition coefficient (Wildman–Crippen LogP) is 1.65. The van der Waals surface area contributed by atoms with E-state index in [1.807, 2.05) is 0 Å². The summed E-state index contributed by atoms with van der Waals surface area (Å²) in [6, 6.07) is 3.50. The van der Waals surface area contributed by atoms with Gasteiger partial charge in [0.05, 0.1) is 13.0 Å². The smallest absolute Gasteiger partial charge is 0.237 e. The highest BCUT2D eigenvalue weighted by Crippen LogP contribution is 2.21. The Hall–Kier alpha value is -1.62. The number of carbonyl (C=O) groups excluding carboxylic acids is 1. The van der Waals surface area contributed by atoms with Crippen molar-refractivity contribution in [3.8, 4) is 5.88 Å². The van der Waals surface area contributed by atoms with Crippen molar-refractivity contribution in [2.24, 2.45) is 17.6 Å². The van der Waals surface area contributed by atoms with Gasteiger partial charge in [-0.05, 0) is 24.5 Å². The van der Waals surface area contributed by atoms with Crippen LogP contribution in [0.4, 0.5) is 5.69 Å². The molecule has 0 saturated carbocycles. The third-order valence-corrected chi connectivity index (χ3v) is 2.63. The molecule has 0 aromatic carbocycles. The Balaban J connectivity index is 2.73. The maximum absolute atomic E-state index is 12.1. The average molecular weight is 251 g/mol. The van der Waals surface area contributed by atoms with E-state index in [0.29, 0.717) is 24.0 Å². The summed E-state index contributed by atoms with van der Waals surface area (Å²) in [4.78, 5) is 16.1. The van der Waals surface area contributed by atoms with Crippen LogP contribution in [0.3, 0.4) is 0 Å². The number of nitrogens with zero attached hydrogens (tertiary/aromatic N) is 1. The Morgan fingerprint density at radius 1 is 1.56 bits per heavy atom. The number of rotatable bonds is 6. The Bertz CT molecular complexity index is 394. The summed E-state index contributed by atoms with van der Waals surface area (Å²) in [5.74, 6) is 0.568. The summed E-state index contributed by atoms with van der Waals surface area (Å²) in [7, 11) is 1.52. The molecule has 1 aromatic heterocycles. The summed E-state index contributed by atoms with van der Waals surface area (Å²) < 4.78 is 5.08. The first-order valence-electron chi connectivity index (χ1n) is 6.08. The predicted molar refractivity (Wildman–Crippen MR) is 71.4 cm³/mol. The van der Waals surface area contributed by atoms with Crippen LogP contribution in [0.15, 0.2) is 18.3 Å². The SMILES string of the molecule is COc1ncccc1NC(=O)C(CN)CC(C)C. The molecule has 1 aromatic rings. The molecule has 1 atom stereocenters. The first-order chi connectivity index (χ1) is 8.58. The van der Waals surface area contributed by atoms with Crippen molar-refractivity contribution in [2.45, 2.75) is 20.3 Å². The van der Waals surface area contributed by atoms with Crippen LogP contribution in [0.1, 0.15) is 20.3 Å². The van der Waals surface area contributed by atoms with E-state index in [9.17, 15) is 4.79 Å². The van der Waals surface area contributed by atoms with Crippen molar-refractivity contribution in [3.05, 3.63) is 18.3 Å². The zero-order valence-corrected chi connectivity index (χ0v) is 11.1. The van der Waals surface area contributed by atoms with Crippen molar-refractivity contribution in [1.82, 2.24) is 4.98 Å². The fraction of sp³-hybridized carbons (Fsp3) is 0.538. The van der Waals surface area contributed by atoms with Crippen LogP contribution in [0.2, 0.25) is 0 Å². The molecule has 3 N–H and O–H groups in total. The van der Waals surface area contributed by atoms with Crippen LogP contribution in [0.25, 0.3) is 0 Å². The van der Waals surface area contributed by atoms with Gasteiger partial charge in [-0.3, -0.25) is 4.79 Å². The van der Waals surface area contributed by atoms with Gasteiger partial charge < -0.3 is 15.8 Å². The van der Waals surface area contributed by atoms with Crippen molar-refractivity contribution >= 4 is 11.6 Å². The van der Waals surface area contributed by atoms with Crippen LogP contribution in [0, 0.1) is 11.8 Å². The minimum atomic E-state index is -0.185. The van der Waals surface area contributed by atoms with Crippen molar-refractivity contribution < 1.29 is 9.53 Å². The topological polar surface area (TPSA) is 77.2 Å². The summed E-state index contributed by atoms with van der Waals surface area (Å²) in [5, 5.41) is 2.81. The Morgan fingerprint density at radius 2 is 2.28 bits per heavy atom. The second-order valence-electron chi connectivity index (χ2n) is 4.61. The zero-order chi connectivity index (χ0) is 13.5. The van der Waals surface area contributed by atoms with Gasteiger partial charge in [0.15, 0.2) is 0 Å². The van der Waals surface area contributed by atoms with Crippen LogP contribution in [-0.4, -0.2) is 24.5 Å². The van der Waals surface area contributed by atoms with Crippen LogP contribution >= 0.6 is 0 Å². The molecule has 1 heterocycles. The van der Waals surface area contributed by atoms with E-state index in [4.69, 9.17) is 10.5 Å². The average Bonchev–Trinajstić information content (AvgIpc) is 2.36. The maximum atomic E-state index is 12.1. The van der Waals surface area contributed by atoms with Gasteiger partial charge in [-0.15, -0.1) is 0 Å². The Kier molecular flexibility index (Phi) is 5.58. The van der Waals surface area contributed by atoms with Gasteiger partial charge in [0.25, 0.3) is 0 Å². The molecule has 0 aliphatic heterocycles. The number of pyridine rings is 1. The summed E-state index contributed by atoms with van der Waals surface area (Å²) >= 11 is 0. The lowest BCUT2D eigenvalue weighted by molar-refractivity contribution is -0.120. The van der Waals surface area contributed by atoms with Crippen molar-refractivity contribution in [3.63, 3.8) is 0 Å². The van der Waals surface area contributed by atoms with Crippen LogP contribution in [0.5, 0.6) is 5.88 Å². The molecule has 5 heteroatoms. The highest BCUT2D eigenvalue weighted by Gasteiger charge is 2.19. The van der Waals surface area contributed by atoms with E-state index in [2.05, 4.69) is 24.1 Å². The minimum absolute atomic E-state index is 0.0856. The number of nitrogens with one attached hydrogen (secondary N) is 1. The first-order valence-corrected chi connectivity index (χ1v) is 6.08. The summed E-state index contributed by atoms with van der Waals surface area (Å²) in [5.41, 5.74) is 6.21. The van der Waals surface area contributed by atoms with Gasteiger partial charge in [-0.2, -0.15) is 0 Å². The quantitative estimate of drug-likeness (QED) is 0.806. The second kappa shape index (κ2) is 6.96. The molecule has 0 radical (unpaired) electrons. The molecule has 0 aliphatic carbocycles. The Morgan fingerprint density at radius 3 is 2.83 bits per heavy atom. The largest absolute Gasteiger partial charge is 0.480 e. The minimum Gasteiger partial charge on any atom is -0.480 e. The lowest BCUT2D eigenvalue weighted by Gasteiger charge is -2.17. The molecule has 1 unspecified atom stereocenters. The van der Waals surface area contributed by atoms with E-state index >= 15 is 0 Å². The molecule has 100 valence electrons. The number of methoxy groups -OCH3 is 1. The molecule has 1 rings (SSSR count). The van der Waals surface area contributed by atoms with E-state index in [-0.39, 0.29) is 11.8 Å². The maximum Gasteiger partial charge on any atom is 0.237 e. The lowest BCUT2D eigenvalue weighted by atomic mass is 9.96. The molecule has 0 fully saturated rings. The van der Waals surface area contributed by atoms with E-state index in [0.717, 1.165) is 6.42 Å². The van der Waals surface area contributed by atoms with Gasteiger partial charge >= 0.3 is 0 Å². The number of ether oxygens (including phenoxy) is 1. The molecule has 5 nitrogen and oxygen atoms in total. The Labute approximate surface area is 108 Å². The number of amides is 1. The van der Waals surface area contributed by atoms with Gasteiger partial charge in [-0.25, -0.2) is 4.98 Å². The molecular formula is C13H21N3O2. The number of carbonyl (C=O) groups is 1. The highest BCUT2D eigenvalue weighted by atomic mass is 16.5. The lowest BCUT2D eigenvalue weighted by Crippen LogP contribution is -2.30. The van der Waals surface area contributed by atoms with Gasteiger partial charge in [0.2, 0.25) is 11.8 Å². The molecule has 0 spiro atoms. The van der Waals surface area contributed by atoms with Gasteiger partial charge in [-0.1, -0.05) is 13.8 Å². The molecule has 18 heavy (non-hydrogen) atoms. The van der Waals surface area contributed by atoms with E-state index in [1.54, 1.807) is 18.3 Å². The first kappa shape index (κ1) is 14.4. The number of nitrogens with two attached hydrogens (primary N) is 1. The number of anilines is 1. The molecule has 0 bridgehead atoms. The third-order valence-electron chi connectivity index (χ3n) is 2.63. The van der Waals surface area contributed by atoms with Gasteiger partial charge in [0, 0.05) is 12.7 Å². The van der Waals surface area contributed by atoms with Crippen molar-refractivity contribution in [1.29, 1.82) is 0 Å². The fourth-order valence-corrected chi connectivity index (χ4v) is 1.76. The zero-order valence-electron chi connectivity index (χ0n) is 11.1. The van der Waals surface area contributed by atoms with Gasteiger partial charge in [0.1, 0.15) is 5.69 Å². The van der Waals surface area contributed by atoms with Crippen LogP contribution < -0.4 is 15.8 Å². The fourth-order valence-electron chi connectivity index (χ4n) is 1.76. The molecule has 0 aliphatic rings. The monoisotopic (exact) mass is 251 g/mol. The van der Waals surface area contributed by atoms with Crippen molar-refractivity contribution in [2.75, 3.05) is 19.0 Å². The molecule has 0 saturated heterocycles. The summed E-state index contributed by atoms with van der Waals surface area (Å²) in [6.45, 7) is 4.48. The second-order valence-corrected chi connectivity index (χ2v) is 4.61. The third kappa shape index (κ3) is 4.00. The normalized spacial score (nSPS) is 12.3. The van der Waals surface area contributed by atoms with Crippen LogP contribution in [-0.2, 0) is 4.79 Å². The number of hydrogen-bond acceptors (Lipinski definition) is 4. The van der Waals surface area contributed by atoms with E-state index < -0.39 is 0 Å². The molecule has 1 amide bonds. The number of hydrogen-bond donors (Lipinski definition) is 2. The summed E-state index contributed by atoms with van der Waals surface area (Å²) in [6.07, 6.45) is 2.38. The van der Waals surface area contributed by atoms with E-state index in [1.165, 1.54) is 7.11 Å². The molecular weight excluding hydrogens is 230 g/mol. The number of aromatic nitrogens is 1. The standard InChI is InChI=1S/C13H21N3O2/c1-9(2)7-10(8-14)12(17)16-11-5-4-6-15-13(11)18-3/h4-6,9-10H,7-8,14H2,1-3H3,(H,16,17).